The minimum absolute atomic E-state index is 0.177. The molecular weight excluding hydrogens is 474 g/mol. The van der Waals surface area contributed by atoms with Gasteiger partial charge in [0, 0.05) is 43.3 Å². The van der Waals surface area contributed by atoms with E-state index in [1.54, 1.807) is 29.9 Å². The van der Waals surface area contributed by atoms with Gasteiger partial charge in [0.25, 0.3) is 10.0 Å². The molecule has 5 heterocycles. The van der Waals surface area contributed by atoms with E-state index in [-0.39, 0.29) is 4.90 Å². The monoisotopic (exact) mass is 497 g/mol. The first kappa shape index (κ1) is 21.8. The molecular formula is C23H23N5O4S2. The Labute approximate surface area is 200 Å². The molecule has 0 amide bonds. The average molecular weight is 498 g/mol. The summed E-state index contributed by atoms with van der Waals surface area (Å²) in [4.78, 5) is 10.7. The summed E-state index contributed by atoms with van der Waals surface area (Å²) in [6, 6.07) is 8.84. The first-order chi connectivity index (χ1) is 16.4. The van der Waals surface area contributed by atoms with Gasteiger partial charge in [0.2, 0.25) is 0 Å². The van der Waals surface area contributed by atoms with Crippen molar-refractivity contribution < 1.29 is 18.3 Å². The van der Waals surface area contributed by atoms with Crippen molar-refractivity contribution in [3.63, 3.8) is 0 Å². The number of ether oxygens (including phenoxy) is 1. The second-order valence-electron chi connectivity index (χ2n) is 8.89. The van der Waals surface area contributed by atoms with Gasteiger partial charge in [-0.1, -0.05) is 6.07 Å². The number of aliphatic hydroxyl groups is 1. The second-order valence-corrected chi connectivity index (χ2v) is 11.6. The van der Waals surface area contributed by atoms with E-state index < -0.39 is 21.7 Å². The van der Waals surface area contributed by atoms with Gasteiger partial charge < -0.3 is 9.84 Å². The number of hydrogen-bond acceptors (Lipinski definition) is 9. The number of thiazole rings is 1. The maximum absolute atomic E-state index is 13.2. The molecule has 0 aliphatic carbocycles. The van der Waals surface area contributed by atoms with Crippen LogP contribution >= 0.6 is 11.3 Å². The summed E-state index contributed by atoms with van der Waals surface area (Å²) in [6.45, 7) is 3.66. The molecule has 1 unspecified atom stereocenters. The third kappa shape index (κ3) is 3.38. The second kappa shape index (κ2) is 7.92. The predicted molar refractivity (Wildman–Crippen MR) is 126 cm³/mol. The standard InChI is InChI=1S/C23H23N5O4S2/c1-15-2-3-17(9-24-15)23(6-7-32-13-23)22(29)27-10-16-11-28(26-20(16)12-27)34(30,31)18-4-5-19-21(8-18)33-14-25-19/h2-5,8-9,11,14,22,29H,6-7,10,12-13H2,1H3/t22?,23-/m1/s1. The van der Waals surface area contributed by atoms with Crippen LogP contribution in [0.25, 0.3) is 10.2 Å². The lowest BCUT2D eigenvalue weighted by Gasteiger charge is -2.38. The van der Waals surface area contributed by atoms with Crippen molar-refractivity contribution in [2.75, 3.05) is 13.2 Å². The molecule has 0 saturated carbocycles. The van der Waals surface area contributed by atoms with Crippen molar-refractivity contribution >= 4 is 31.6 Å². The van der Waals surface area contributed by atoms with Crippen molar-refractivity contribution in [3.8, 4) is 0 Å². The highest BCUT2D eigenvalue weighted by Gasteiger charge is 2.47. The highest BCUT2D eigenvalue weighted by atomic mass is 32.2. The molecule has 0 radical (unpaired) electrons. The smallest absolute Gasteiger partial charge is 0.283 e. The Balaban J connectivity index is 1.26. The first-order valence-corrected chi connectivity index (χ1v) is 13.3. The Kier molecular flexibility index (Phi) is 5.08. The molecule has 4 aromatic rings. The van der Waals surface area contributed by atoms with E-state index >= 15 is 0 Å². The van der Waals surface area contributed by atoms with E-state index in [0.29, 0.717) is 38.4 Å². The first-order valence-electron chi connectivity index (χ1n) is 11.0. The molecule has 34 heavy (non-hydrogen) atoms. The summed E-state index contributed by atoms with van der Waals surface area (Å²) in [5, 5.41) is 15.9. The molecule has 1 N–H and O–H groups in total. The molecule has 3 aromatic heterocycles. The Hall–Kier alpha value is -2.70. The topological polar surface area (TPSA) is 110 Å². The Morgan fingerprint density at radius 1 is 1.21 bits per heavy atom. The summed E-state index contributed by atoms with van der Waals surface area (Å²) in [5.41, 5.74) is 5.17. The van der Waals surface area contributed by atoms with Crippen LogP contribution < -0.4 is 0 Å². The zero-order valence-corrected chi connectivity index (χ0v) is 20.1. The van der Waals surface area contributed by atoms with Crippen LogP contribution in [0.5, 0.6) is 0 Å². The number of aryl methyl sites for hydroxylation is 1. The van der Waals surface area contributed by atoms with E-state index in [4.69, 9.17) is 4.74 Å². The van der Waals surface area contributed by atoms with E-state index in [1.165, 1.54) is 11.3 Å². The number of fused-ring (bicyclic) bond motifs is 2. The SMILES string of the molecule is Cc1ccc([C@@]2(C(O)N3Cc4cn(S(=O)(=O)c5ccc6ncsc6c5)nc4C3)CCOC2)cn1. The van der Waals surface area contributed by atoms with Crippen molar-refractivity contribution in [1.29, 1.82) is 0 Å². The summed E-state index contributed by atoms with van der Waals surface area (Å²) >= 11 is 1.40. The number of benzene rings is 1. The molecule has 11 heteroatoms. The predicted octanol–water partition coefficient (Wildman–Crippen LogP) is 2.43. The summed E-state index contributed by atoms with van der Waals surface area (Å²) < 4.78 is 33.9. The van der Waals surface area contributed by atoms with Crippen molar-refractivity contribution in [2.45, 2.75) is 43.0 Å². The van der Waals surface area contributed by atoms with E-state index in [2.05, 4.69) is 15.1 Å². The van der Waals surface area contributed by atoms with Crippen LogP contribution in [0.4, 0.5) is 0 Å². The number of pyridine rings is 1. The van der Waals surface area contributed by atoms with E-state index in [0.717, 1.165) is 31.1 Å². The third-order valence-corrected chi connectivity index (χ3v) is 9.13. The minimum atomic E-state index is -3.82. The number of aliphatic hydroxyl groups excluding tert-OH is 1. The molecule has 1 saturated heterocycles. The number of aromatic nitrogens is 4. The van der Waals surface area contributed by atoms with Crippen LogP contribution in [0.2, 0.25) is 0 Å². The van der Waals surface area contributed by atoms with Crippen molar-refractivity contribution in [1.82, 2.24) is 24.1 Å². The van der Waals surface area contributed by atoms with Gasteiger partial charge in [-0.3, -0.25) is 9.88 Å². The molecule has 9 nitrogen and oxygen atoms in total. The molecule has 6 rings (SSSR count). The largest absolute Gasteiger partial charge is 0.380 e. The number of nitrogens with zero attached hydrogens (tertiary/aromatic N) is 5. The maximum atomic E-state index is 13.2. The lowest BCUT2D eigenvalue weighted by molar-refractivity contribution is -0.0636. The van der Waals surface area contributed by atoms with Crippen molar-refractivity contribution in [2.24, 2.45) is 0 Å². The fourth-order valence-corrected chi connectivity index (χ4v) is 6.81. The minimum Gasteiger partial charge on any atom is -0.380 e. The van der Waals surface area contributed by atoms with Gasteiger partial charge in [-0.25, -0.2) is 4.98 Å². The van der Waals surface area contributed by atoms with Gasteiger partial charge in [0.15, 0.2) is 0 Å². The average Bonchev–Trinajstić information content (AvgIpc) is 3.62. The lowest BCUT2D eigenvalue weighted by atomic mass is 9.78. The normalized spacial score (nSPS) is 21.8. The summed E-state index contributed by atoms with van der Waals surface area (Å²) in [6.07, 6.45) is 3.24. The van der Waals surface area contributed by atoms with Crippen LogP contribution in [0.15, 0.2) is 53.1 Å². The number of rotatable bonds is 5. The van der Waals surface area contributed by atoms with E-state index in [1.807, 2.05) is 30.2 Å². The molecule has 1 fully saturated rings. The van der Waals surface area contributed by atoms with Gasteiger partial charge >= 0.3 is 0 Å². The molecule has 1 aromatic carbocycles. The zero-order chi connectivity index (χ0) is 23.5. The van der Waals surface area contributed by atoms with Crippen LogP contribution in [-0.4, -0.2) is 57.0 Å². The van der Waals surface area contributed by atoms with Crippen LogP contribution in [0, 0.1) is 6.92 Å². The van der Waals surface area contributed by atoms with Crippen LogP contribution in [0.1, 0.15) is 28.9 Å². The molecule has 2 aliphatic heterocycles. The zero-order valence-electron chi connectivity index (χ0n) is 18.5. The van der Waals surface area contributed by atoms with E-state index in [9.17, 15) is 13.5 Å². The number of hydrogen-bond donors (Lipinski definition) is 1. The molecule has 2 atom stereocenters. The molecule has 176 valence electrons. The van der Waals surface area contributed by atoms with Gasteiger partial charge in [0.1, 0.15) is 6.23 Å². The molecule has 0 spiro atoms. The lowest BCUT2D eigenvalue weighted by Crippen LogP contribution is -2.49. The maximum Gasteiger partial charge on any atom is 0.283 e. The molecule has 0 bridgehead atoms. The third-order valence-electron chi connectivity index (χ3n) is 6.81. The van der Waals surface area contributed by atoms with Gasteiger partial charge in [-0.15, -0.1) is 11.3 Å². The van der Waals surface area contributed by atoms with Gasteiger partial charge in [-0.2, -0.15) is 17.6 Å². The van der Waals surface area contributed by atoms with Gasteiger partial charge in [-0.05, 0) is 43.2 Å². The fraction of sp³-hybridized carbons (Fsp3) is 0.348. The van der Waals surface area contributed by atoms with Crippen LogP contribution in [-0.2, 0) is 33.3 Å². The Morgan fingerprint density at radius 2 is 2.09 bits per heavy atom. The van der Waals surface area contributed by atoms with Crippen LogP contribution in [0.3, 0.4) is 0 Å². The highest BCUT2D eigenvalue weighted by Crippen LogP contribution is 2.40. The quantitative estimate of drug-likeness (QED) is 0.448. The van der Waals surface area contributed by atoms with Crippen molar-refractivity contribution in [3.05, 3.63) is 70.8 Å². The Morgan fingerprint density at radius 3 is 2.82 bits per heavy atom. The highest BCUT2D eigenvalue weighted by molar-refractivity contribution is 7.89. The Bertz CT molecular complexity index is 1450. The molecule has 2 aliphatic rings. The summed E-state index contributed by atoms with van der Waals surface area (Å²) in [5.74, 6) is 0. The fourth-order valence-electron chi connectivity index (χ4n) is 4.83. The summed E-state index contributed by atoms with van der Waals surface area (Å²) in [7, 11) is -3.82. The van der Waals surface area contributed by atoms with Gasteiger partial charge in [0.05, 0.1) is 38.3 Å².